The number of halogens is 1. The molecule has 2 atom stereocenters. The van der Waals surface area contributed by atoms with Gasteiger partial charge in [-0.3, -0.25) is 0 Å². The van der Waals surface area contributed by atoms with E-state index in [9.17, 15) is 0 Å². The second kappa shape index (κ2) is 3.35. The van der Waals surface area contributed by atoms with E-state index in [4.69, 9.17) is 11.6 Å². The molecular weight excluding hydrogens is 156 g/mol. The van der Waals surface area contributed by atoms with Gasteiger partial charge in [0.05, 0.1) is 0 Å². The molecule has 0 spiro atoms. The van der Waals surface area contributed by atoms with E-state index in [1.807, 2.05) is 0 Å². The second-order valence-electron chi connectivity index (χ2n) is 4.75. The van der Waals surface area contributed by atoms with Gasteiger partial charge in [-0.2, -0.15) is 0 Å². The molecule has 11 heavy (non-hydrogen) atoms. The van der Waals surface area contributed by atoms with Crippen molar-refractivity contribution in [2.45, 2.75) is 51.8 Å². The molecule has 1 aliphatic rings. The molecular formula is C10H19Cl. The van der Waals surface area contributed by atoms with E-state index >= 15 is 0 Å². The fourth-order valence-corrected chi connectivity index (χ4v) is 2.90. The van der Waals surface area contributed by atoms with Crippen molar-refractivity contribution in [1.29, 1.82) is 0 Å². The Bertz CT molecular complexity index is 131. The van der Waals surface area contributed by atoms with E-state index in [2.05, 4.69) is 20.8 Å². The Balaban J connectivity index is 2.42. The number of rotatable bonds is 2. The van der Waals surface area contributed by atoms with Crippen LogP contribution in [-0.4, -0.2) is 5.38 Å². The van der Waals surface area contributed by atoms with Crippen LogP contribution in [0.1, 0.15) is 46.5 Å². The molecule has 0 aromatic rings. The van der Waals surface area contributed by atoms with Crippen molar-refractivity contribution in [3.63, 3.8) is 0 Å². The van der Waals surface area contributed by atoms with E-state index in [-0.39, 0.29) is 0 Å². The Kier molecular flexibility index (Phi) is 2.85. The maximum atomic E-state index is 6.08. The molecule has 0 nitrogen and oxygen atoms in total. The number of hydrogen-bond acceptors (Lipinski definition) is 0. The Morgan fingerprint density at radius 3 is 2.55 bits per heavy atom. The first-order chi connectivity index (χ1) is 5.02. The zero-order valence-electron chi connectivity index (χ0n) is 7.86. The molecule has 0 aromatic carbocycles. The molecule has 1 fully saturated rings. The molecule has 2 unspecified atom stereocenters. The summed E-state index contributed by atoms with van der Waals surface area (Å²) in [5.41, 5.74) is 0.556. The van der Waals surface area contributed by atoms with Crippen molar-refractivity contribution in [3.8, 4) is 0 Å². The summed E-state index contributed by atoms with van der Waals surface area (Å²) >= 11 is 6.08. The van der Waals surface area contributed by atoms with Crippen LogP contribution in [0, 0.1) is 11.3 Å². The highest BCUT2D eigenvalue weighted by atomic mass is 35.5. The third-order valence-corrected chi connectivity index (χ3v) is 3.05. The third kappa shape index (κ3) is 2.66. The lowest BCUT2D eigenvalue weighted by Gasteiger charge is -2.25. The van der Waals surface area contributed by atoms with Gasteiger partial charge < -0.3 is 0 Å². The summed E-state index contributed by atoms with van der Waals surface area (Å²) in [7, 11) is 0. The zero-order valence-corrected chi connectivity index (χ0v) is 8.62. The molecule has 66 valence electrons. The highest BCUT2D eigenvalue weighted by Crippen LogP contribution is 2.44. The van der Waals surface area contributed by atoms with Gasteiger partial charge in [0.1, 0.15) is 0 Å². The van der Waals surface area contributed by atoms with Gasteiger partial charge in [-0.05, 0) is 37.0 Å². The second-order valence-corrected chi connectivity index (χ2v) is 5.37. The van der Waals surface area contributed by atoms with Crippen molar-refractivity contribution < 1.29 is 0 Å². The van der Waals surface area contributed by atoms with E-state index in [1.165, 1.54) is 25.7 Å². The Morgan fingerprint density at radius 1 is 1.55 bits per heavy atom. The summed E-state index contributed by atoms with van der Waals surface area (Å²) < 4.78 is 0. The number of hydrogen-bond donors (Lipinski definition) is 0. The van der Waals surface area contributed by atoms with Crippen LogP contribution in [0.25, 0.3) is 0 Å². The van der Waals surface area contributed by atoms with Gasteiger partial charge in [0.25, 0.3) is 0 Å². The molecule has 0 radical (unpaired) electrons. The Labute approximate surface area is 75.3 Å². The van der Waals surface area contributed by atoms with Crippen molar-refractivity contribution in [2.75, 3.05) is 0 Å². The molecule has 0 bridgehead atoms. The standard InChI is InChI=1S/C10H19Cl/c1-8(2)6-10(3)5-4-9(11)7-10/h8-9H,4-7H2,1-3H3. The molecule has 0 aromatic heterocycles. The average molecular weight is 175 g/mol. The first kappa shape index (κ1) is 9.38. The topological polar surface area (TPSA) is 0 Å². The monoisotopic (exact) mass is 174 g/mol. The molecule has 0 aliphatic heterocycles. The summed E-state index contributed by atoms with van der Waals surface area (Å²) in [5, 5.41) is 0.457. The van der Waals surface area contributed by atoms with Crippen LogP contribution in [-0.2, 0) is 0 Å². The van der Waals surface area contributed by atoms with Crippen molar-refractivity contribution in [1.82, 2.24) is 0 Å². The lowest BCUT2D eigenvalue weighted by atomic mass is 9.81. The van der Waals surface area contributed by atoms with Crippen LogP contribution in [0.3, 0.4) is 0 Å². The molecule has 0 heterocycles. The maximum Gasteiger partial charge on any atom is 0.0341 e. The minimum Gasteiger partial charge on any atom is -0.123 e. The lowest BCUT2D eigenvalue weighted by molar-refractivity contribution is 0.266. The van der Waals surface area contributed by atoms with Crippen LogP contribution in [0.4, 0.5) is 0 Å². The van der Waals surface area contributed by atoms with Gasteiger partial charge in [-0.25, -0.2) is 0 Å². The van der Waals surface area contributed by atoms with Crippen LogP contribution in [0.15, 0.2) is 0 Å². The smallest absolute Gasteiger partial charge is 0.0341 e. The minimum atomic E-state index is 0.457. The van der Waals surface area contributed by atoms with Gasteiger partial charge in [-0.15, -0.1) is 11.6 Å². The largest absolute Gasteiger partial charge is 0.123 e. The normalized spacial score (nSPS) is 38.5. The fourth-order valence-electron chi connectivity index (χ4n) is 2.41. The van der Waals surface area contributed by atoms with Crippen molar-refractivity contribution in [3.05, 3.63) is 0 Å². The lowest BCUT2D eigenvalue weighted by Crippen LogP contribution is -2.14. The van der Waals surface area contributed by atoms with Crippen LogP contribution < -0.4 is 0 Å². The molecule has 1 heteroatoms. The summed E-state index contributed by atoms with van der Waals surface area (Å²) in [6.07, 6.45) is 5.13. The summed E-state index contributed by atoms with van der Waals surface area (Å²) in [4.78, 5) is 0. The highest BCUT2D eigenvalue weighted by Gasteiger charge is 2.34. The van der Waals surface area contributed by atoms with Crippen molar-refractivity contribution >= 4 is 11.6 Å². The van der Waals surface area contributed by atoms with Gasteiger partial charge in [-0.1, -0.05) is 20.8 Å². The van der Waals surface area contributed by atoms with Crippen LogP contribution in [0.2, 0.25) is 0 Å². The summed E-state index contributed by atoms with van der Waals surface area (Å²) in [5.74, 6) is 0.821. The van der Waals surface area contributed by atoms with Crippen molar-refractivity contribution in [2.24, 2.45) is 11.3 Å². The molecule has 1 rings (SSSR count). The van der Waals surface area contributed by atoms with E-state index in [0.717, 1.165) is 5.92 Å². The van der Waals surface area contributed by atoms with E-state index in [1.54, 1.807) is 0 Å². The molecule has 0 saturated heterocycles. The number of alkyl halides is 1. The van der Waals surface area contributed by atoms with Gasteiger partial charge in [0.2, 0.25) is 0 Å². The van der Waals surface area contributed by atoms with Crippen LogP contribution in [0.5, 0.6) is 0 Å². The summed E-state index contributed by atoms with van der Waals surface area (Å²) in [6, 6.07) is 0. The van der Waals surface area contributed by atoms with Gasteiger partial charge in [0.15, 0.2) is 0 Å². The van der Waals surface area contributed by atoms with E-state index in [0.29, 0.717) is 10.8 Å². The molecule has 1 aliphatic carbocycles. The SMILES string of the molecule is CC(C)CC1(C)CCC(Cl)C1. The predicted molar refractivity (Wildman–Crippen MR) is 51.1 cm³/mol. The first-order valence-corrected chi connectivity index (χ1v) is 5.09. The first-order valence-electron chi connectivity index (χ1n) is 4.66. The Morgan fingerprint density at radius 2 is 2.18 bits per heavy atom. The third-order valence-electron chi connectivity index (χ3n) is 2.68. The zero-order chi connectivity index (χ0) is 8.48. The fraction of sp³-hybridized carbons (Fsp3) is 1.00. The molecule has 0 N–H and O–H groups in total. The quantitative estimate of drug-likeness (QED) is 0.559. The summed E-state index contributed by atoms with van der Waals surface area (Å²) in [6.45, 7) is 6.98. The molecule has 1 saturated carbocycles. The predicted octanol–water partition coefficient (Wildman–Crippen LogP) is 3.83. The minimum absolute atomic E-state index is 0.457. The average Bonchev–Trinajstić information content (AvgIpc) is 2.08. The van der Waals surface area contributed by atoms with E-state index < -0.39 is 0 Å². The molecule has 0 amide bonds. The highest BCUT2D eigenvalue weighted by molar-refractivity contribution is 6.20. The Hall–Kier alpha value is 0.290. The van der Waals surface area contributed by atoms with Gasteiger partial charge in [0, 0.05) is 5.38 Å². The maximum absolute atomic E-state index is 6.08. The van der Waals surface area contributed by atoms with Gasteiger partial charge >= 0.3 is 0 Å². The van der Waals surface area contributed by atoms with Crippen LogP contribution >= 0.6 is 11.6 Å².